The summed E-state index contributed by atoms with van der Waals surface area (Å²) in [5, 5.41) is 2.94. The molecule has 0 spiro atoms. The van der Waals surface area contributed by atoms with Crippen LogP contribution in [-0.2, 0) is 20.9 Å². The smallest absolute Gasteiger partial charge is 0.299 e. The lowest BCUT2D eigenvalue weighted by Gasteiger charge is -2.33. The summed E-state index contributed by atoms with van der Waals surface area (Å²) in [5.74, 6) is -1.30. The number of carbonyl (C=O) groups is 4. The molecule has 9 heteroatoms. The highest BCUT2D eigenvalue weighted by Gasteiger charge is 2.39. The Balaban J connectivity index is 1.38. The molecule has 0 aromatic heterocycles. The van der Waals surface area contributed by atoms with Gasteiger partial charge in [0.15, 0.2) is 11.5 Å². The van der Waals surface area contributed by atoms with E-state index in [2.05, 4.69) is 5.32 Å². The van der Waals surface area contributed by atoms with Crippen LogP contribution in [0.4, 0.5) is 11.4 Å². The van der Waals surface area contributed by atoms with Gasteiger partial charge in [-0.3, -0.25) is 24.1 Å². The van der Waals surface area contributed by atoms with Crippen LogP contribution in [0.15, 0.2) is 91.0 Å². The number of benzene rings is 4. The van der Waals surface area contributed by atoms with Crippen molar-refractivity contribution in [2.45, 2.75) is 26.4 Å². The van der Waals surface area contributed by atoms with Gasteiger partial charge in [0, 0.05) is 18.3 Å². The maximum atomic E-state index is 14.2. The highest BCUT2D eigenvalue weighted by molar-refractivity contribution is 6.52. The molecule has 1 atom stereocenters. The molecular weight excluding hydrogens is 546 g/mol. The molecule has 1 N–H and O–H groups in total. The van der Waals surface area contributed by atoms with Gasteiger partial charge < -0.3 is 19.7 Å². The molecule has 2 heterocycles. The van der Waals surface area contributed by atoms with Gasteiger partial charge in [0.05, 0.1) is 11.3 Å². The van der Waals surface area contributed by atoms with Crippen LogP contribution < -0.4 is 19.7 Å². The predicted octanol–water partition coefficient (Wildman–Crippen LogP) is 4.97. The summed E-state index contributed by atoms with van der Waals surface area (Å²) < 4.78 is 10.9. The van der Waals surface area contributed by atoms with Crippen molar-refractivity contribution in [1.82, 2.24) is 4.90 Å². The number of rotatable bonds is 8. The van der Waals surface area contributed by atoms with Gasteiger partial charge in [-0.15, -0.1) is 0 Å². The average Bonchev–Trinajstić information content (AvgIpc) is 3.57. The van der Waals surface area contributed by atoms with Crippen molar-refractivity contribution in [3.8, 4) is 11.5 Å². The quantitative estimate of drug-likeness (QED) is 0.298. The number of ether oxygens (including phenoxy) is 2. The van der Waals surface area contributed by atoms with E-state index in [9.17, 15) is 19.2 Å². The number of ketones is 1. The van der Waals surface area contributed by atoms with E-state index < -0.39 is 36.1 Å². The molecule has 2 aliphatic rings. The van der Waals surface area contributed by atoms with Crippen molar-refractivity contribution in [3.63, 3.8) is 0 Å². The summed E-state index contributed by atoms with van der Waals surface area (Å²) in [7, 11) is 0. The monoisotopic (exact) mass is 575 g/mol. The van der Waals surface area contributed by atoms with Crippen LogP contribution in [0.25, 0.3) is 0 Å². The normalized spacial score (nSPS) is 14.0. The number of aryl methyl sites for hydroxylation is 2. The van der Waals surface area contributed by atoms with Gasteiger partial charge in [-0.1, -0.05) is 71.8 Å². The molecule has 9 nitrogen and oxygen atoms in total. The van der Waals surface area contributed by atoms with Gasteiger partial charge in [-0.2, -0.15) is 0 Å². The van der Waals surface area contributed by atoms with Crippen LogP contribution in [0.1, 0.15) is 38.7 Å². The summed E-state index contributed by atoms with van der Waals surface area (Å²) >= 11 is 0. The van der Waals surface area contributed by atoms with Crippen molar-refractivity contribution in [2.24, 2.45) is 0 Å². The number of hydrogen-bond donors (Lipinski definition) is 1. The third-order valence-corrected chi connectivity index (χ3v) is 7.56. The number of Topliss-reactive ketones (excluding diaryl/α,β-unsaturated/α-hetero) is 1. The minimum absolute atomic E-state index is 0.0871. The first-order valence-electron chi connectivity index (χ1n) is 13.9. The first-order valence-corrected chi connectivity index (χ1v) is 13.9. The fraction of sp³-hybridized carbons (Fsp3) is 0.176. The van der Waals surface area contributed by atoms with E-state index in [-0.39, 0.29) is 18.9 Å². The lowest BCUT2D eigenvalue weighted by atomic mass is 10.0. The first-order chi connectivity index (χ1) is 20.8. The number of fused-ring (bicyclic) bond motifs is 2. The van der Waals surface area contributed by atoms with Gasteiger partial charge in [-0.05, 0) is 49.2 Å². The largest absolute Gasteiger partial charge is 0.454 e. The molecule has 0 radical (unpaired) electrons. The van der Waals surface area contributed by atoms with Gasteiger partial charge in [0.2, 0.25) is 12.7 Å². The maximum absolute atomic E-state index is 14.2. The number of amides is 3. The number of carbonyl (C=O) groups excluding carboxylic acids is 4. The molecule has 2 aliphatic heterocycles. The first kappa shape index (κ1) is 27.7. The van der Waals surface area contributed by atoms with Crippen LogP contribution in [0.5, 0.6) is 11.5 Å². The maximum Gasteiger partial charge on any atom is 0.299 e. The number of anilines is 2. The molecule has 0 saturated heterocycles. The summed E-state index contributed by atoms with van der Waals surface area (Å²) in [6.45, 7) is 3.68. The molecule has 4 aromatic carbocycles. The Hall–Kier alpha value is -5.44. The Kier molecular flexibility index (Phi) is 7.38. The lowest BCUT2D eigenvalue weighted by molar-refractivity contribution is -0.139. The Labute approximate surface area is 248 Å². The fourth-order valence-corrected chi connectivity index (χ4v) is 5.25. The number of nitrogens with zero attached hydrogens (tertiary/aromatic N) is 2. The predicted molar refractivity (Wildman–Crippen MR) is 160 cm³/mol. The van der Waals surface area contributed by atoms with Crippen LogP contribution >= 0.6 is 0 Å². The molecule has 6 rings (SSSR count). The average molecular weight is 576 g/mol. The van der Waals surface area contributed by atoms with Gasteiger partial charge >= 0.3 is 0 Å². The molecule has 0 bridgehead atoms. The van der Waals surface area contributed by atoms with E-state index in [0.717, 1.165) is 16.7 Å². The second-order valence-electron chi connectivity index (χ2n) is 10.6. The molecule has 216 valence electrons. The second kappa shape index (κ2) is 11.4. The zero-order valence-corrected chi connectivity index (χ0v) is 23.7. The van der Waals surface area contributed by atoms with Crippen LogP contribution in [0, 0.1) is 13.8 Å². The highest BCUT2D eigenvalue weighted by atomic mass is 16.7. The Morgan fingerprint density at radius 1 is 0.860 bits per heavy atom. The van der Waals surface area contributed by atoms with Gasteiger partial charge in [0.1, 0.15) is 12.6 Å². The van der Waals surface area contributed by atoms with E-state index in [4.69, 9.17) is 9.47 Å². The van der Waals surface area contributed by atoms with Crippen LogP contribution in [-0.4, -0.2) is 41.7 Å². The second-order valence-corrected chi connectivity index (χ2v) is 10.6. The zero-order chi connectivity index (χ0) is 30.1. The number of para-hydroxylation sites is 1. The molecule has 0 fully saturated rings. The summed E-state index contributed by atoms with van der Waals surface area (Å²) in [4.78, 5) is 56.6. The van der Waals surface area contributed by atoms with Gasteiger partial charge in [0.25, 0.3) is 17.6 Å². The van der Waals surface area contributed by atoms with Crippen molar-refractivity contribution in [1.29, 1.82) is 0 Å². The van der Waals surface area contributed by atoms with Crippen LogP contribution in [0.2, 0.25) is 0 Å². The molecule has 3 amide bonds. The summed E-state index contributed by atoms with van der Waals surface area (Å²) in [6, 6.07) is 25.7. The van der Waals surface area contributed by atoms with E-state index >= 15 is 0 Å². The van der Waals surface area contributed by atoms with E-state index in [1.807, 2.05) is 62.4 Å². The lowest BCUT2D eigenvalue weighted by Crippen LogP contribution is -2.46. The van der Waals surface area contributed by atoms with E-state index in [1.165, 1.54) is 9.80 Å². The highest BCUT2D eigenvalue weighted by Crippen LogP contribution is 2.35. The summed E-state index contributed by atoms with van der Waals surface area (Å²) in [6.07, 6.45) is 0. The Morgan fingerprint density at radius 2 is 1.53 bits per heavy atom. The van der Waals surface area contributed by atoms with Crippen molar-refractivity contribution >= 4 is 34.9 Å². The Bertz CT molecular complexity index is 1730. The molecule has 1 unspecified atom stereocenters. The molecule has 43 heavy (non-hydrogen) atoms. The van der Waals surface area contributed by atoms with E-state index in [1.54, 1.807) is 42.5 Å². The SMILES string of the molecule is Cc1ccc(CN(C(=O)CN2C(=O)C(=O)c3ccccc32)C(C(=O)Nc2ccc3c(c2)OCO3)c2ccc(C)cc2)cc1. The molecule has 0 aliphatic carbocycles. The standard InChI is InChI=1S/C34H29N3O6/c1-21-7-11-23(12-8-21)18-37(30(38)19-36-27-6-4-3-5-26(27)32(39)34(36)41)31(24-13-9-22(2)10-14-24)33(40)35-25-15-16-28-29(17-25)43-20-42-28/h3-17,31H,18-20H2,1-2H3,(H,35,40). The van der Waals surface area contributed by atoms with Gasteiger partial charge in [-0.25, -0.2) is 0 Å². The van der Waals surface area contributed by atoms with Crippen molar-refractivity contribution < 1.29 is 28.7 Å². The molecular formula is C34H29N3O6. The zero-order valence-electron chi connectivity index (χ0n) is 23.7. The number of hydrogen-bond acceptors (Lipinski definition) is 6. The minimum atomic E-state index is -1.07. The fourth-order valence-electron chi connectivity index (χ4n) is 5.25. The molecule has 0 saturated carbocycles. The minimum Gasteiger partial charge on any atom is -0.454 e. The third kappa shape index (κ3) is 5.57. The van der Waals surface area contributed by atoms with Crippen molar-refractivity contribution in [2.75, 3.05) is 23.6 Å². The van der Waals surface area contributed by atoms with E-state index in [0.29, 0.717) is 28.4 Å². The van der Waals surface area contributed by atoms with Crippen molar-refractivity contribution in [3.05, 3.63) is 119 Å². The Morgan fingerprint density at radius 3 is 2.28 bits per heavy atom. The topological polar surface area (TPSA) is 105 Å². The third-order valence-electron chi connectivity index (χ3n) is 7.56. The number of nitrogens with one attached hydrogen (secondary N) is 1. The summed E-state index contributed by atoms with van der Waals surface area (Å²) in [5.41, 5.74) is 4.54. The van der Waals surface area contributed by atoms with Crippen LogP contribution in [0.3, 0.4) is 0 Å². The molecule has 4 aromatic rings.